The smallest absolute Gasteiger partial charge is 0.261 e. The van der Waals surface area contributed by atoms with Gasteiger partial charge in [0.1, 0.15) is 18.1 Å². The van der Waals surface area contributed by atoms with Crippen LogP contribution >= 0.6 is 0 Å². The third-order valence-electron chi connectivity index (χ3n) is 4.12. The Bertz CT molecular complexity index is 910. The fraction of sp³-hybridized carbons (Fsp3) is 0.278. The summed E-state index contributed by atoms with van der Waals surface area (Å²) in [5.41, 5.74) is 0.647. The summed E-state index contributed by atoms with van der Waals surface area (Å²) in [4.78, 5) is 14.3. The van der Waals surface area contributed by atoms with E-state index in [4.69, 9.17) is 9.47 Å². The van der Waals surface area contributed by atoms with Crippen LogP contribution in [0.15, 0.2) is 47.4 Å². The van der Waals surface area contributed by atoms with Crippen LogP contribution in [0.25, 0.3) is 0 Å². The van der Waals surface area contributed by atoms with Gasteiger partial charge >= 0.3 is 0 Å². The second kappa shape index (κ2) is 7.25. The molecule has 1 aliphatic rings. The first-order valence-corrected chi connectivity index (χ1v) is 9.66. The maximum atomic E-state index is 12.6. The normalized spacial score (nSPS) is 14.2. The molecule has 3 rings (SSSR count). The number of hydrogen-bond acceptors (Lipinski definition) is 5. The molecule has 0 aliphatic carbocycles. The van der Waals surface area contributed by atoms with Gasteiger partial charge in [0.25, 0.3) is 15.9 Å². The minimum atomic E-state index is -3.78. The maximum Gasteiger partial charge on any atom is 0.261 e. The predicted molar refractivity (Wildman–Crippen MR) is 97.3 cm³/mol. The number of methoxy groups -OCH3 is 1. The number of benzene rings is 2. The molecule has 2 aromatic carbocycles. The Hall–Kier alpha value is -2.74. The monoisotopic (exact) mass is 376 g/mol. The van der Waals surface area contributed by atoms with Crippen LogP contribution in [0, 0.1) is 0 Å². The highest BCUT2D eigenvalue weighted by atomic mass is 32.2. The zero-order valence-corrected chi connectivity index (χ0v) is 15.4. The van der Waals surface area contributed by atoms with E-state index in [9.17, 15) is 13.2 Å². The number of likely N-dealkylation sites (N-methyl/N-ethyl adjacent to an activating group) is 1. The van der Waals surface area contributed by atoms with Gasteiger partial charge in [-0.05, 0) is 49.4 Å². The van der Waals surface area contributed by atoms with Gasteiger partial charge in [0, 0.05) is 12.2 Å². The largest absolute Gasteiger partial charge is 0.497 e. The highest BCUT2D eigenvalue weighted by Crippen LogP contribution is 2.28. The van der Waals surface area contributed by atoms with Gasteiger partial charge in [0.05, 0.1) is 24.1 Å². The lowest BCUT2D eigenvalue weighted by Gasteiger charge is -2.17. The van der Waals surface area contributed by atoms with E-state index in [2.05, 4.69) is 4.72 Å². The van der Waals surface area contributed by atoms with E-state index in [0.29, 0.717) is 42.4 Å². The number of amides is 1. The molecule has 0 unspecified atom stereocenters. The Kier molecular flexibility index (Phi) is 5.03. The molecule has 8 heteroatoms. The summed E-state index contributed by atoms with van der Waals surface area (Å²) in [6.45, 7) is 3.35. The molecule has 0 radical (unpaired) electrons. The van der Waals surface area contributed by atoms with E-state index < -0.39 is 10.0 Å². The molecule has 1 amide bonds. The lowest BCUT2D eigenvalue weighted by atomic mass is 10.1. The lowest BCUT2D eigenvalue weighted by Crippen LogP contribution is -2.32. The Morgan fingerprint density at radius 3 is 2.58 bits per heavy atom. The minimum Gasteiger partial charge on any atom is -0.497 e. The van der Waals surface area contributed by atoms with E-state index in [1.165, 1.54) is 25.3 Å². The number of nitrogens with zero attached hydrogens (tertiary/aromatic N) is 1. The summed E-state index contributed by atoms with van der Waals surface area (Å²) in [5.74, 6) is 0.847. The average Bonchev–Trinajstić information content (AvgIpc) is 2.80. The Balaban J connectivity index is 1.89. The molecule has 0 saturated carbocycles. The van der Waals surface area contributed by atoms with Crippen molar-refractivity contribution >= 4 is 21.6 Å². The average molecular weight is 376 g/mol. The standard InChI is InChI=1S/C18H20N2O5S/c1-3-20-10-11-25-17-9-4-13(12-16(17)18(20)21)19-26(22,23)15-7-5-14(24-2)6-8-15/h4-9,12,19H,3,10-11H2,1-2H3. The fourth-order valence-corrected chi connectivity index (χ4v) is 3.74. The van der Waals surface area contributed by atoms with E-state index in [1.807, 2.05) is 6.92 Å². The highest BCUT2D eigenvalue weighted by Gasteiger charge is 2.23. The van der Waals surface area contributed by atoms with Gasteiger partial charge in [0.2, 0.25) is 0 Å². The number of fused-ring (bicyclic) bond motifs is 1. The summed E-state index contributed by atoms with van der Waals surface area (Å²) < 4.78 is 38.3. The van der Waals surface area contributed by atoms with Crippen LogP contribution in [0.3, 0.4) is 0 Å². The molecule has 26 heavy (non-hydrogen) atoms. The predicted octanol–water partition coefficient (Wildman–Crippen LogP) is 2.35. The van der Waals surface area contributed by atoms with Crippen LogP contribution in [0.1, 0.15) is 17.3 Å². The molecular formula is C18H20N2O5S. The summed E-state index contributed by atoms with van der Waals surface area (Å²) in [6.07, 6.45) is 0. The van der Waals surface area contributed by atoms with E-state index >= 15 is 0 Å². The van der Waals surface area contributed by atoms with Crippen LogP contribution < -0.4 is 14.2 Å². The molecule has 0 saturated heterocycles. The molecule has 0 spiro atoms. The van der Waals surface area contributed by atoms with Gasteiger partial charge in [-0.2, -0.15) is 0 Å². The molecule has 0 aromatic heterocycles. The van der Waals surface area contributed by atoms with Crippen molar-refractivity contribution in [1.29, 1.82) is 0 Å². The Labute approximate surface area is 152 Å². The number of carbonyl (C=O) groups is 1. The molecule has 0 fully saturated rings. The van der Waals surface area contributed by atoms with Gasteiger partial charge in [-0.3, -0.25) is 9.52 Å². The molecule has 7 nitrogen and oxygen atoms in total. The van der Waals surface area contributed by atoms with Crippen molar-refractivity contribution in [1.82, 2.24) is 4.90 Å². The van der Waals surface area contributed by atoms with Gasteiger partial charge in [-0.1, -0.05) is 0 Å². The molecular weight excluding hydrogens is 356 g/mol. The summed E-state index contributed by atoms with van der Waals surface area (Å²) in [6, 6.07) is 10.7. The van der Waals surface area contributed by atoms with Crippen LogP contribution in [0.4, 0.5) is 5.69 Å². The first kappa shape index (κ1) is 18.1. The molecule has 0 atom stereocenters. The molecule has 1 aliphatic heterocycles. The molecule has 1 N–H and O–H groups in total. The summed E-state index contributed by atoms with van der Waals surface area (Å²) >= 11 is 0. The van der Waals surface area contributed by atoms with E-state index in [1.54, 1.807) is 29.2 Å². The van der Waals surface area contributed by atoms with Crippen LogP contribution in [-0.4, -0.2) is 46.0 Å². The summed E-state index contributed by atoms with van der Waals surface area (Å²) in [5, 5.41) is 0. The Morgan fingerprint density at radius 1 is 1.19 bits per heavy atom. The Morgan fingerprint density at radius 2 is 1.92 bits per heavy atom. The number of rotatable bonds is 5. The number of hydrogen-bond donors (Lipinski definition) is 1. The van der Waals surface area contributed by atoms with Crippen LogP contribution in [0.2, 0.25) is 0 Å². The van der Waals surface area contributed by atoms with Gasteiger partial charge in [0.15, 0.2) is 0 Å². The third-order valence-corrected chi connectivity index (χ3v) is 5.52. The van der Waals surface area contributed by atoms with Crippen LogP contribution in [-0.2, 0) is 10.0 Å². The maximum absolute atomic E-state index is 12.6. The first-order chi connectivity index (χ1) is 12.4. The minimum absolute atomic E-state index is 0.103. The quantitative estimate of drug-likeness (QED) is 0.866. The van der Waals surface area contributed by atoms with Gasteiger partial charge in [-0.15, -0.1) is 0 Å². The van der Waals surface area contributed by atoms with Crippen molar-refractivity contribution in [3.8, 4) is 11.5 Å². The second-order valence-corrected chi connectivity index (χ2v) is 7.41. The van der Waals surface area contributed by atoms with Crippen molar-refractivity contribution in [3.63, 3.8) is 0 Å². The molecule has 0 bridgehead atoms. The SMILES string of the molecule is CCN1CCOc2ccc(NS(=O)(=O)c3ccc(OC)cc3)cc2C1=O. The highest BCUT2D eigenvalue weighted by molar-refractivity contribution is 7.92. The van der Waals surface area contributed by atoms with E-state index in [-0.39, 0.29) is 10.8 Å². The van der Waals surface area contributed by atoms with Gasteiger partial charge in [-0.25, -0.2) is 8.42 Å². The summed E-state index contributed by atoms with van der Waals surface area (Å²) in [7, 11) is -2.27. The van der Waals surface area contributed by atoms with E-state index in [0.717, 1.165) is 0 Å². The number of sulfonamides is 1. The third kappa shape index (κ3) is 3.60. The second-order valence-electron chi connectivity index (χ2n) is 5.73. The molecule has 138 valence electrons. The van der Waals surface area contributed by atoms with Crippen molar-refractivity contribution in [2.45, 2.75) is 11.8 Å². The zero-order chi connectivity index (χ0) is 18.7. The number of carbonyl (C=O) groups excluding carboxylic acids is 1. The molecule has 2 aromatic rings. The van der Waals surface area contributed by atoms with Crippen LogP contribution in [0.5, 0.6) is 11.5 Å². The van der Waals surface area contributed by atoms with Gasteiger partial charge < -0.3 is 14.4 Å². The number of ether oxygens (including phenoxy) is 2. The van der Waals surface area contributed by atoms with Crippen molar-refractivity contribution in [3.05, 3.63) is 48.0 Å². The molecule has 1 heterocycles. The van der Waals surface area contributed by atoms with Crippen molar-refractivity contribution in [2.75, 3.05) is 31.5 Å². The number of anilines is 1. The first-order valence-electron chi connectivity index (χ1n) is 8.17. The lowest BCUT2D eigenvalue weighted by molar-refractivity contribution is 0.0765. The zero-order valence-electron chi connectivity index (χ0n) is 14.6. The van der Waals surface area contributed by atoms with Crippen molar-refractivity contribution in [2.24, 2.45) is 0 Å². The fourth-order valence-electron chi connectivity index (χ4n) is 2.69. The number of nitrogens with one attached hydrogen (secondary N) is 1. The topological polar surface area (TPSA) is 84.9 Å². The van der Waals surface area contributed by atoms with Crippen molar-refractivity contribution < 1.29 is 22.7 Å².